The highest BCUT2D eigenvalue weighted by Crippen LogP contribution is 2.22. The number of aromatic nitrogens is 2. The summed E-state index contributed by atoms with van der Waals surface area (Å²) >= 11 is 0. The molecule has 1 fully saturated rings. The van der Waals surface area contributed by atoms with Gasteiger partial charge in [0.2, 0.25) is 5.91 Å². The van der Waals surface area contributed by atoms with Crippen LogP contribution in [-0.4, -0.2) is 39.6 Å². The lowest BCUT2D eigenvalue weighted by Gasteiger charge is -2.32. The third-order valence-electron chi connectivity index (χ3n) is 5.24. The Morgan fingerprint density at radius 3 is 2.73 bits per heavy atom. The molecule has 0 spiro atoms. The zero-order chi connectivity index (χ0) is 21.7. The summed E-state index contributed by atoms with van der Waals surface area (Å²) in [7, 11) is 1.50. The monoisotopic (exact) mass is 418 g/mol. The standard InChI is InChI=1S/C21H24F2N4O3/c1-26-20(29)9-7-18(25-26)21(30)27-10-2-3-14(13-27)5-8-19(28)24-12-15-4-6-16(22)17(23)11-15/h4,6-7,9,11,14H,2-3,5,8,10,12-13H2,1H3,(H,24,28)/t14-/m0/s1. The molecule has 0 unspecified atom stereocenters. The number of likely N-dealkylation sites (tertiary alicyclic amines) is 1. The molecule has 0 aliphatic carbocycles. The molecule has 2 heterocycles. The second-order valence-corrected chi connectivity index (χ2v) is 7.50. The summed E-state index contributed by atoms with van der Waals surface area (Å²) in [6.45, 7) is 1.27. The zero-order valence-corrected chi connectivity index (χ0v) is 16.7. The third-order valence-corrected chi connectivity index (χ3v) is 5.24. The maximum absolute atomic E-state index is 13.2. The van der Waals surface area contributed by atoms with Gasteiger partial charge in [0.15, 0.2) is 11.6 Å². The van der Waals surface area contributed by atoms with Crippen LogP contribution in [0.5, 0.6) is 0 Å². The number of nitrogens with one attached hydrogen (secondary N) is 1. The van der Waals surface area contributed by atoms with Gasteiger partial charge in [-0.25, -0.2) is 13.5 Å². The number of carbonyl (C=O) groups excluding carboxylic acids is 2. The number of halogens is 2. The molecule has 160 valence electrons. The van der Waals surface area contributed by atoms with E-state index in [0.717, 1.165) is 29.7 Å². The number of hydrogen-bond donors (Lipinski definition) is 1. The summed E-state index contributed by atoms with van der Waals surface area (Å²) < 4.78 is 27.3. The molecule has 7 nitrogen and oxygen atoms in total. The molecule has 1 aliphatic rings. The van der Waals surface area contributed by atoms with Crippen molar-refractivity contribution >= 4 is 11.8 Å². The molecular formula is C21H24F2N4O3. The van der Waals surface area contributed by atoms with E-state index in [9.17, 15) is 23.2 Å². The topological polar surface area (TPSA) is 84.3 Å². The smallest absolute Gasteiger partial charge is 0.274 e. The quantitative estimate of drug-likeness (QED) is 0.778. The van der Waals surface area contributed by atoms with E-state index >= 15 is 0 Å². The van der Waals surface area contributed by atoms with Crippen LogP contribution in [0, 0.1) is 17.6 Å². The van der Waals surface area contributed by atoms with E-state index in [1.54, 1.807) is 4.90 Å². The number of nitrogens with zero attached hydrogens (tertiary/aromatic N) is 3. The van der Waals surface area contributed by atoms with Crippen molar-refractivity contribution in [2.24, 2.45) is 13.0 Å². The van der Waals surface area contributed by atoms with Crippen LogP contribution in [0.4, 0.5) is 8.78 Å². The lowest BCUT2D eigenvalue weighted by atomic mass is 9.93. The average molecular weight is 418 g/mol. The van der Waals surface area contributed by atoms with Crippen LogP contribution in [0.2, 0.25) is 0 Å². The van der Waals surface area contributed by atoms with Gasteiger partial charge in [0.25, 0.3) is 11.5 Å². The zero-order valence-electron chi connectivity index (χ0n) is 16.7. The van der Waals surface area contributed by atoms with Crippen LogP contribution in [0.15, 0.2) is 35.1 Å². The number of aryl methyl sites for hydroxylation is 1. The lowest BCUT2D eigenvalue weighted by Crippen LogP contribution is -2.41. The highest BCUT2D eigenvalue weighted by atomic mass is 19.2. The van der Waals surface area contributed by atoms with Crippen LogP contribution < -0.4 is 10.9 Å². The first-order chi connectivity index (χ1) is 14.3. The van der Waals surface area contributed by atoms with Crippen molar-refractivity contribution in [2.75, 3.05) is 13.1 Å². The molecule has 1 aromatic carbocycles. The second-order valence-electron chi connectivity index (χ2n) is 7.50. The average Bonchev–Trinajstić information content (AvgIpc) is 2.74. The number of piperidine rings is 1. The Labute approximate surface area is 172 Å². The van der Waals surface area contributed by atoms with Gasteiger partial charge in [0, 0.05) is 39.2 Å². The highest BCUT2D eigenvalue weighted by molar-refractivity contribution is 5.92. The lowest BCUT2D eigenvalue weighted by molar-refractivity contribution is -0.121. The third kappa shape index (κ3) is 5.49. The van der Waals surface area contributed by atoms with Crippen LogP contribution >= 0.6 is 0 Å². The molecule has 2 amide bonds. The van der Waals surface area contributed by atoms with Crippen molar-refractivity contribution < 1.29 is 18.4 Å². The summed E-state index contributed by atoms with van der Waals surface area (Å²) in [5, 5.41) is 6.72. The Bertz CT molecular complexity index is 992. The number of amides is 2. The molecule has 9 heteroatoms. The molecular weight excluding hydrogens is 394 g/mol. The normalized spacial score (nSPS) is 16.4. The van der Waals surface area contributed by atoms with Crippen LogP contribution in [-0.2, 0) is 18.4 Å². The van der Waals surface area contributed by atoms with Crippen molar-refractivity contribution in [3.05, 3.63) is 63.6 Å². The van der Waals surface area contributed by atoms with Crippen molar-refractivity contribution in [3.8, 4) is 0 Å². The molecule has 0 radical (unpaired) electrons. The highest BCUT2D eigenvalue weighted by Gasteiger charge is 2.26. The summed E-state index contributed by atoms with van der Waals surface area (Å²) in [6, 6.07) is 6.27. The van der Waals surface area contributed by atoms with Gasteiger partial charge >= 0.3 is 0 Å². The molecule has 0 bridgehead atoms. The van der Waals surface area contributed by atoms with Gasteiger partial charge in [0.1, 0.15) is 5.69 Å². The van der Waals surface area contributed by atoms with E-state index in [0.29, 0.717) is 25.1 Å². The molecule has 30 heavy (non-hydrogen) atoms. The Kier molecular flexibility index (Phi) is 6.91. The molecule has 3 rings (SSSR count). The van der Waals surface area contributed by atoms with E-state index in [1.807, 2.05) is 0 Å². The van der Waals surface area contributed by atoms with Gasteiger partial charge in [-0.05, 0) is 48.9 Å². The predicted octanol–water partition coefficient (Wildman–Crippen LogP) is 2.01. The van der Waals surface area contributed by atoms with E-state index in [-0.39, 0.29) is 42.0 Å². The molecule has 1 aliphatic heterocycles. The molecule has 1 atom stereocenters. The van der Waals surface area contributed by atoms with Gasteiger partial charge in [0.05, 0.1) is 0 Å². The minimum Gasteiger partial charge on any atom is -0.352 e. The first-order valence-electron chi connectivity index (χ1n) is 9.87. The Hall–Kier alpha value is -3.10. The van der Waals surface area contributed by atoms with E-state index in [4.69, 9.17) is 0 Å². The van der Waals surface area contributed by atoms with Gasteiger partial charge in [-0.1, -0.05) is 6.07 Å². The fraction of sp³-hybridized carbons (Fsp3) is 0.429. The van der Waals surface area contributed by atoms with Crippen molar-refractivity contribution in [1.29, 1.82) is 0 Å². The van der Waals surface area contributed by atoms with Crippen molar-refractivity contribution in [3.63, 3.8) is 0 Å². The molecule has 1 saturated heterocycles. The molecule has 1 N–H and O–H groups in total. The van der Waals surface area contributed by atoms with E-state index in [2.05, 4.69) is 10.4 Å². The van der Waals surface area contributed by atoms with Crippen LogP contribution in [0.1, 0.15) is 41.7 Å². The Morgan fingerprint density at radius 2 is 2.00 bits per heavy atom. The van der Waals surface area contributed by atoms with Crippen molar-refractivity contribution in [2.45, 2.75) is 32.2 Å². The minimum atomic E-state index is -0.943. The molecule has 1 aromatic heterocycles. The predicted molar refractivity (Wildman–Crippen MR) is 106 cm³/mol. The fourth-order valence-electron chi connectivity index (χ4n) is 3.54. The Balaban J connectivity index is 1.47. The number of rotatable bonds is 6. The van der Waals surface area contributed by atoms with Crippen LogP contribution in [0.3, 0.4) is 0 Å². The Morgan fingerprint density at radius 1 is 1.20 bits per heavy atom. The first kappa shape index (κ1) is 21.6. The summed E-state index contributed by atoms with van der Waals surface area (Å²) in [4.78, 5) is 37.9. The van der Waals surface area contributed by atoms with Crippen LogP contribution in [0.25, 0.3) is 0 Å². The van der Waals surface area contributed by atoms with Crippen molar-refractivity contribution in [1.82, 2.24) is 20.0 Å². The summed E-state index contributed by atoms with van der Waals surface area (Å²) in [6.07, 6.45) is 2.65. The molecule has 0 saturated carbocycles. The second kappa shape index (κ2) is 9.60. The minimum absolute atomic E-state index is 0.129. The maximum atomic E-state index is 13.2. The number of benzene rings is 1. The summed E-state index contributed by atoms with van der Waals surface area (Å²) in [5.74, 6) is -2.08. The van der Waals surface area contributed by atoms with E-state index in [1.165, 1.54) is 25.2 Å². The van der Waals surface area contributed by atoms with Gasteiger partial charge < -0.3 is 10.2 Å². The SMILES string of the molecule is Cn1nc(C(=O)N2CCC[C@@H](CCC(=O)NCc3ccc(F)c(F)c3)C2)ccc1=O. The fourth-order valence-corrected chi connectivity index (χ4v) is 3.54. The maximum Gasteiger partial charge on any atom is 0.274 e. The van der Waals surface area contributed by atoms with Gasteiger partial charge in [-0.2, -0.15) is 5.10 Å². The largest absolute Gasteiger partial charge is 0.352 e. The first-order valence-corrected chi connectivity index (χ1v) is 9.87. The molecule has 2 aromatic rings. The number of hydrogen-bond acceptors (Lipinski definition) is 4. The van der Waals surface area contributed by atoms with Gasteiger partial charge in [-0.3, -0.25) is 14.4 Å². The number of carbonyl (C=O) groups is 2. The van der Waals surface area contributed by atoms with Gasteiger partial charge in [-0.15, -0.1) is 0 Å². The van der Waals surface area contributed by atoms with E-state index < -0.39 is 11.6 Å². The summed E-state index contributed by atoms with van der Waals surface area (Å²) in [5.41, 5.74) is 0.431.